The summed E-state index contributed by atoms with van der Waals surface area (Å²) in [5.41, 5.74) is 4.19. The summed E-state index contributed by atoms with van der Waals surface area (Å²) in [7, 11) is -1.32. The van der Waals surface area contributed by atoms with Gasteiger partial charge in [0.1, 0.15) is 6.17 Å². The molecule has 0 bridgehead atoms. The first-order valence-electron chi connectivity index (χ1n) is 7.55. The van der Waals surface area contributed by atoms with Crippen molar-refractivity contribution in [3.05, 3.63) is 60.7 Å². The lowest BCUT2D eigenvalue weighted by Gasteiger charge is -2.11. The first-order valence-corrected chi connectivity index (χ1v) is 11.3. The Balaban J connectivity index is 2.16. The molecule has 1 heterocycles. The molecule has 2 aromatic carbocycles. The van der Waals surface area contributed by atoms with Gasteiger partial charge in [-0.25, -0.2) is 0 Å². The van der Waals surface area contributed by atoms with Crippen LogP contribution in [0.4, 0.5) is 0 Å². The molecule has 0 N–H and O–H groups in total. The van der Waals surface area contributed by atoms with Gasteiger partial charge in [-0.2, -0.15) is 0 Å². The molecule has 0 saturated heterocycles. The van der Waals surface area contributed by atoms with Crippen LogP contribution in [0.1, 0.15) is 0 Å². The molecule has 3 aromatic rings. The third kappa shape index (κ3) is 3.17. The predicted octanol–water partition coefficient (Wildman–Crippen LogP) is 4.17. The number of benzene rings is 2. The van der Waals surface area contributed by atoms with Crippen molar-refractivity contribution in [1.82, 2.24) is 5.16 Å². The van der Waals surface area contributed by atoms with Gasteiger partial charge in [0.15, 0.2) is 5.16 Å². The van der Waals surface area contributed by atoms with Crippen molar-refractivity contribution in [3.63, 3.8) is 0 Å². The second-order valence-corrected chi connectivity index (χ2v) is 12.1. The highest BCUT2D eigenvalue weighted by atomic mass is 28.3. The lowest BCUT2D eigenvalue weighted by Crippen LogP contribution is -2.46. The fourth-order valence-corrected chi connectivity index (χ4v) is 3.57. The summed E-state index contributed by atoms with van der Waals surface area (Å²) in [5.74, 6) is 0. The van der Waals surface area contributed by atoms with E-state index >= 15 is 0 Å². The van der Waals surface area contributed by atoms with E-state index in [0.29, 0.717) is 0 Å². The third-order valence-electron chi connectivity index (χ3n) is 3.42. The highest BCUT2D eigenvalue weighted by Gasteiger charge is 2.30. The van der Waals surface area contributed by atoms with E-state index in [1.165, 1.54) is 0 Å². The molecule has 0 saturated carbocycles. The van der Waals surface area contributed by atoms with E-state index < -0.39 is 8.07 Å². The predicted molar refractivity (Wildman–Crippen MR) is 90.9 cm³/mol. The Morgan fingerprint density at radius 3 is 1.95 bits per heavy atom. The first-order chi connectivity index (χ1) is 10.5. The molecule has 0 fully saturated rings. The molecule has 0 amide bonds. The van der Waals surface area contributed by atoms with Gasteiger partial charge >= 0.3 is 0 Å². The average molecular weight is 309 g/mol. The zero-order valence-corrected chi connectivity index (χ0v) is 14.3. The zero-order chi connectivity index (χ0) is 15.6. The summed E-state index contributed by atoms with van der Waals surface area (Å²) >= 11 is 0. The Morgan fingerprint density at radius 1 is 0.864 bits per heavy atom. The Bertz CT molecular complexity index is 746. The van der Waals surface area contributed by atoms with Crippen LogP contribution in [0.15, 0.2) is 65.3 Å². The van der Waals surface area contributed by atoms with Crippen LogP contribution in [0.2, 0.25) is 19.6 Å². The van der Waals surface area contributed by atoms with E-state index in [-0.39, 0.29) is 0 Å². The molecule has 112 valence electrons. The maximum atomic E-state index is 5.68. The lowest BCUT2D eigenvalue weighted by atomic mass is 10.1. The fraction of sp³-hybridized carbons (Fsp3) is 0.222. The van der Waals surface area contributed by atoms with E-state index in [1.54, 1.807) is 0 Å². The molecule has 0 aliphatic carbocycles. The molecule has 4 heteroatoms. The minimum atomic E-state index is -1.32. The van der Waals surface area contributed by atoms with Crippen molar-refractivity contribution in [2.45, 2.75) is 25.8 Å². The van der Waals surface area contributed by atoms with Crippen LogP contribution in [-0.2, 0) is 6.17 Å². The van der Waals surface area contributed by atoms with Crippen molar-refractivity contribution >= 4 is 8.07 Å². The van der Waals surface area contributed by atoms with Crippen LogP contribution < -0.4 is 4.74 Å². The topological polar surface area (TPSA) is 29.9 Å². The second kappa shape index (κ2) is 5.89. The summed E-state index contributed by atoms with van der Waals surface area (Å²) in [6.45, 7) is 7.00. The molecule has 0 atom stereocenters. The monoisotopic (exact) mass is 309 g/mol. The van der Waals surface area contributed by atoms with E-state index in [1.807, 2.05) is 29.0 Å². The number of hydrogen-bond donors (Lipinski definition) is 0. The average Bonchev–Trinajstić information content (AvgIpc) is 2.90. The highest BCUT2D eigenvalue weighted by Crippen LogP contribution is 2.27. The van der Waals surface area contributed by atoms with Crippen LogP contribution in [0.5, 0.6) is 0 Å². The summed E-state index contributed by atoms with van der Waals surface area (Å²) in [4.78, 5) is 0. The van der Waals surface area contributed by atoms with Gasteiger partial charge in [-0.05, 0) is 0 Å². The fourth-order valence-electron chi connectivity index (χ4n) is 2.49. The van der Waals surface area contributed by atoms with Gasteiger partial charge in [0.05, 0.1) is 8.07 Å². The first kappa shape index (κ1) is 14.7. The molecule has 0 spiro atoms. The summed E-state index contributed by atoms with van der Waals surface area (Å²) in [5, 5.41) is 4.36. The second-order valence-electron chi connectivity index (χ2n) is 6.70. The summed E-state index contributed by atoms with van der Waals surface area (Å²) in [6.07, 6.45) is 0.914. The molecule has 1 aromatic heterocycles. The normalized spacial score (nSPS) is 11.6. The van der Waals surface area contributed by atoms with Crippen molar-refractivity contribution in [2.24, 2.45) is 0 Å². The van der Waals surface area contributed by atoms with E-state index in [2.05, 4.69) is 61.2 Å². The van der Waals surface area contributed by atoms with Gasteiger partial charge in [0.25, 0.3) is 5.69 Å². The molecule has 3 rings (SSSR count). The van der Waals surface area contributed by atoms with Crippen LogP contribution in [0, 0.1) is 0 Å². The molecule has 3 nitrogen and oxygen atoms in total. The lowest BCUT2D eigenvalue weighted by molar-refractivity contribution is -0.852. The van der Waals surface area contributed by atoms with Gasteiger partial charge in [-0.3, -0.25) is 0 Å². The van der Waals surface area contributed by atoms with E-state index in [4.69, 9.17) is 4.63 Å². The minimum absolute atomic E-state index is 0.907. The highest BCUT2D eigenvalue weighted by molar-refractivity contribution is 6.74. The summed E-state index contributed by atoms with van der Waals surface area (Å²) in [6, 6.07) is 20.6. The van der Waals surface area contributed by atoms with E-state index in [0.717, 1.165) is 28.7 Å². The van der Waals surface area contributed by atoms with Crippen LogP contribution >= 0.6 is 0 Å². The smallest absolute Gasteiger partial charge is 0.0844 e. The Kier molecular flexibility index (Phi) is 3.94. The Morgan fingerprint density at radius 2 is 1.41 bits per heavy atom. The number of hydrogen-bond acceptors (Lipinski definition) is 2. The van der Waals surface area contributed by atoms with Gasteiger partial charge in [-0.1, -0.05) is 89.7 Å². The Labute approximate surface area is 132 Å². The van der Waals surface area contributed by atoms with Crippen molar-refractivity contribution in [3.8, 4) is 22.5 Å². The maximum Gasteiger partial charge on any atom is 0.281 e. The molecule has 0 aliphatic heterocycles. The number of rotatable bonds is 4. The molecule has 0 aliphatic rings. The van der Waals surface area contributed by atoms with Crippen LogP contribution in [0.25, 0.3) is 22.5 Å². The van der Waals surface area contributed by atoms with Gasteiger partial charge < -0.3 is 0 Å². The quantitative estimate of drug-likeness (QED) is 0.535. The van der Waals surface area contributed by atoms with Gasteiger partial charge in [0.2, 0.25) is 5.69 Å². The SMILES string of the molecule is C[Si](C)(C)C[n+]1onc(-c2ccccc2)c1-c1ccccc1. The zero-order valence-electron chi connectivity index (χ0n) is 13.3. The van der Waals surface area contributed by atoms with Gasteiger partial charge in [-0.15, -0.1) is 0 Å². The van der Waals surface area contributed by atoms with Crippen molar-refractivity contribution in [2.75, 3.05) is 0 Å². The van der Waals surface area contributed by atoms with Crippen molar-refractivity contribution in [1.29, 1.82) is 0 Å². The summed E-state index contributed by atoms with van der Waals surface area (Å²) < 4.78 is 7.64. The largest absolute Gasteiger partial charge is 0.281 e. The molecule has 22 heavy (non-hydrogen) atoms. The number of aromatic nitrogens is 2. The maximum absolute atomic E-state index is 5.68. The molecule has 0 radical (unpaired) electrons. The molecular weight excluding hydrogens is 288 g/mol. The standard InChI is InChI=1S/C18H21N2OSi/c1-22(2,3)14-20-18(16-12-8-5-9-13-16)17(19-21-20)15-10-6-4-7-11-15/h4-13H,14H2,1-3H3/q+1. The number of nitrogens with zero attached hydrogens (tertiary/aromatic N) is 2. The van der Waals surface area contributed by atoms with E-state index in [9.17, 15) is 0 Å². The minimum Gasteiger partial charge on any atom is -0.0844 e. The van der Waals surface area contributed by atoms with Crippen molar-refractivity contribution < 1.29 is 9.37 Å². The molecular formula is C18H21N2OSi+. The van der Waals surface area contributed by atoms with Crippen LogP contribution in [0.3, 0.4) is 0 Å². The third-order valence-corrected chi connectivity index (χ3v) is 4.65. The molecule has 0 unspecified atom stereocenters. The Hall–Kier alpha value is -2.20. The van der Waals surface area contributed by atoms with Crippen LogP contribution in [-0.4, -0.2) is 13.2 Å². The van der Waals surface area contributed by atoms with Gasteiger partial charge in [0, 0.05) is 11.1 Å².